The van der Waals surface area contributed by atoms with Gasteiger partial charge in [-0.15, -0.1) is 0 Å². The molecule has 2 aromatic rings. The molecule has 0 heterocycles. The van der Waals surface area contributed by atoms with Gasteiger partial charge in [0.1, 0.15) is 0 Å². The summed E-state index contributed by atoms with van der Waals surface area (Å²) < 4.78 is 0. The second-order valence-corrected chi connectivity index (χ2v) is 8.49. The highest BCUT2D eigenvalue weighted by Crippen LogP contribution is 2.24. The van der Waals surface area contributed by atoms with E-state index >= 15 is 0 Å². The molecule has 0 saturated heterocycles. The molecular weight excluding hydrogens is 384 g/mol. The fourth-order valence-corrected chi connectivity index (χ4v) is 3.87. The van der Waals surface area contributed by atoms with Crippen LogP contribution in [-0.4, -0.2) is 0 Å². The minimum atomic E-state index is 0.740. The Balaban J connectivity index is 1.75. The van der Waals surface area contributed by atoms with Gasteiger partial charge in [0, 0.05) is 5.04 Å². The second-order valence-electron chi connectivity index (χ2n) is 8.49. The minimum absolute atomic E-state index is 0.740. The third-order valence-electron chi connectivity index (χ3n) is 5.79. The van der Waals surface area contributed by atoms with Crippen molar-refractivity contribution in [3.8, 4) is 11.5 Å². The van der Waals surface area contributed by atoms with Crippen LogP contribution in [0.15, 0.2) is 48.5 Å². The summed E-state index contributed by atoms with van der Waals surface area (Å²) in [4.78, 5) is 11.1. The van der Waals surface area contributed by atoms with Gasteiger partial charge in [-0.25, -0.2) is 0 Å². The van der Waals surface area contributed by atoms with Crippen LogP contribution in [0.3, 0.4) is 0 Å². The van der Waals surface area contributed by atoms with Gasteiger partial charge in [-0.05, 0) is 48.9 Å². The van der Waals surface area contributed by atoms with Crippen molar-refractivity contribution >= 4 is 0 Å². The summed E-state index contributed by atoms with van der Waals surface area (Å²) in [5, 5.41) is 5.21. The van der Waals surface area contributed by atoms with Crippen LogP contribution in [0, 0.1) is 0 Å². The maximum atomic E-state index is 5.54. The molecule has 0 aliphatic rings. The van der Waals surface area contributed by atoms with Gasteiger partial charge in [0.25, 0.3) is 0 Å². The molecule has 2 rings (SSSR count). The summed E-state index contributed by atoms with van der Waals surface area (Å²) in [6.07, 6.45) is 17.4. The predicted octanol–water partition coefficient (Wildman–Crippen LogP) is 8.80. The van der Waals surface area contributed by atoms with E-state index in [9.17, 15) is 0 Å². The number of aryl methyl sites for hydroxylation is 2. The smallest absolute Gasteiger partial charge is 0.172 e. The molecule has 0 bridgehead atoms. The summed E-state index contributed by atoms with van der Waals surface area (Å²) in [6, 6.07) is 16.1. The minimum Gasteiger partial charge on any atom is -0.299 e. The quantitative estimate of drug-likeness (QED) is 0.135. The van der Waals surface area contributed by atoms with Crippen molar-refractivity contribution in [2.45, 2.75) is 104 Å². The second kappa shape index (κ2) is 16.7. The van der Waals surface area contributed by atoms with Crippen molar-refractivity contribution in [3.05, 3.63) is 59.7 Å². The lowest BCUT2D eigenvalue weighted by molar-refractivity contribution is -0.411. The fourth-order valence-electron chi connectivity index (χ4n) is 3.87. The van der Waals surface area contributed by atoms with E-state index in [1.54, 1.807) is 0 Å². The molecule has 0 fully saturated rings. The maximum Gasteiger partial charge on any atom is 0.172 e. The average Bonchev–Trinajstić information content (AvgIpc) is 2.80. The molecular formula is C28H42O3. The molecule has 0 atom stereocenters. The number of benzene rings is 2. The largest absolute Gasteiger partial charge is 0.299 e. The first-order valence-electron chi connectivity index (χ1n) is 12.5. The van der Waals surface area contributed by atoms with Crippen molar-refractivity contribution in [3.63, 3.8) is 0 Å². The third-order valence-corrected chi connectivity index (χ3v) is 5.79. The molecule has 2 aromatic carbocycles. The zero-order chi connectivity index (χ0) is 22.0. The number of hydrogen-bond acceptors (Lipinski definition) is 3. The van der Waals surface area contributed by atoms with Gasteiger partial charge >= 0.3 is 0 Å². The Labute approximate surface area is 190 Å². The predicted molar refractivity (Wildman–Crippen MR) is 129 cm³/mol. The Morgan fingerprint density at radius 1 is 0.484 bits per heavy atom. The first kappa shape index (κ1) is 25.3. The van der Waals surface area contributed by atoms with E-state index < -0.39 is 0 Å². The van der Waals surface area contributed by atoms with Gasteiger partial charge in [-0.2, -0.15) is 0 Å². The molecule has 0 aromatic heterocycles. The van der Waals surface area contributed by atoms with E-state index in [1.165, 1.54) is 88.2 Å². The van der Waals surface area contributed by atoms with Crippen molar-refractivity contribution in [2.75, 3.05) is 0 Å². The monoisotopic (exact) mass is 426 g/mol. The molecule has 0 aliphatic heterocycles. The van der Waals surface area contributed by atoms with Crippen LogP contribution in [0.1, 0.15) is 102 Å². The van der Waals surface area contributed by atoms with Gasteiger partial charge < -0.3 is 0 Å². The normalized spacial score (nSPS) is 10.9. The third kappa shape index (κ3) is 10.7. The lowest BCUT2D eigenvalue weighted by atomic mass is 10.0. The summed E-state index contributed by atoms with van der Waals surface area (Å²) in [6.45, 7) is 4.51. The molecule has 0 radical (unpaired) electrons. The Kier molecular flexibility index (Phi) is 13.6. The highest BCUT2D eigenvalue weighted by atomic mass is 17.5. The maximum absolute atomic E-state index is 5.54. The van der Waals surface area contributed by atoms with E-state index in [-0.39, 0.29) is 0 Å². The highest BCUT2D eigenvalue weighted by molar-refractivity contribution is 5.34. The van der Waals surface area contributed by atoms with Crippen LogP contribution in [0.25, 0.3) is 0 Å². The summed E-state index contributed by atoms with van der Waals surface area (Å²) in [5.41, 5.74) is 2.34. The van der Waals surface area contributed by atoms with Crippen molar-refractivity contribution in [1.29, 1.82) is 0 Å². The van der Waals surface area contributed by atoms with Crippen molar-refractivity contribution < 1.29 is 14.8 Å². The van der Waals surface area contributed by atoms with Crippen LogP contribution < -0.4 is 9.78 Å². The lowest BCUT2D eigenvalue weighted by Gasteiger charge is -2.11. The molecule has 3 heteroatoms. The van der Waals surface area contributed by atoms with Crippen LogP contribution in [-0.2, 0) is 17.9 Å². The molecule has 172 valence electrons. The van der Waals surface area contributed by atoms with Gasteiger partial charge in [-0.1, -0.05) is 114 Å². The molecule has 31 heavy (non-hydrogen) atoms. The van der Waals surface area contributed by atoms with Crippen molar-refractivity contribution in [2.24, 2.45) is 0 Å². The van der Waals surface area contributed by atoms with Crippen LogP contribution in [0.5, 0.6) is 11.5 Å². The number of rotatable bonds is 18. The van der Waals surface area contributed by atoms with Gasteiger partial charge in [-0.3, -0.25) is 9.78 Å². The average molecular weight is 427 g/mol. The zero-order valence-electron chi connectivity index (χ0n) is 19.7. The molecule has 0 unspecified atom stereocenters. The summed E-state index contributed by atoms with van der Waals surface area (Å²) in [5.74, 6) is 1.48. The SMILES string of the molecule is CCCCCCCCc1ccccc1OOOc1ccccc1CCCCCCCC. The van der Waals surface area contributed by atoms with E-state index in [0.717, 1.165) is 24.3 Å². The van der Waals surface area contributed by atoms with E-state index in [0.29, 0.717) is 0 Å². The summed E-state index contributed by atoms with van der Waals surface area (Å²) >= 11 is 0. The van der Waals surface area contributed by atoms with Gasteiger partial charge in [0.05, 0.1) is 0 Å². The van der Waals surface area contributed by atoms with Gasteiger partial charge in [0.2, 0.25) is 0 Å². The number of para-hydroxylation sites is 2. The first-order valence-corrected chi connectivity index (χ1v) is 12.5. The Hall–Kier alpha value is -2.00. The van der Waals surface area contributed by atoms with Gasteiger partial charge in [0.15, 0.2) is 11.5 Å². The highest BCUT2D eigenvalue weighted by Gasteiger charge is 2.08. The molecule has 0 amide bonds. The number of unbranched alkanes of at least 4 members (excludes halogenated alkanes) is 10. The molecule has 0 N–H and O–H groups in total. The molecule has 0 spiro atoms. The Morgan fingerprint density at radius 3 is 1.32 bits per heavy atom. The standard InChI is InChI=1S/C28H42O3/c1-3-5-7-9-11-13-19-25-21-15-17-23-27(25)29-31-30-28-24-18-16-22-26(28)20-14-12-10-8-6-4-2/h15-18,21-24H,3-14,19-20H2,1-2H3. The lowest BCUT2D eigenvalue weighted by Crippen LogP contribution is -2.05. The van der Waals surface area contributed by atoms with E-state index in [1.807, 2.05) is 24.3 Å². The molecule has 0 aliphatic carbocycles. The summed E-state index contributed by atoms with van der Waals surface area (Å²) in [7, 11) is 0. The fraction of sp³-hybridized carbons (Fsp3) is 0.571. The Bertz CT molecular complexity index is 639. The molecule has 0 saturated carbocycles. The topological polar surface area (TPSA) is 27.7 Å². The molecule has 3 nitrogen and oxygen atoms in total. The Morgan fingerprint density at radius 2 is 0.871 bits per heavy atom. The van der Waals surface area contributed by atoms with Crippen molar-refractivity contribution in [1.82, 2.24) is 0 Å². The van der Waals surface area contributed by atoms with Crippen LogP contribution in [0.4, 0.5) is 0 Å². The van der Waals surface area contributed by atoms with Crippen LogP contribution in [0.2, 0.25) is 0 Å². The van der Waals surface area contributed by atoms with E-state index in [4.69, 9.17) is 14.8 Å². The first-order chi connectivity index (χ1) is 15.3. The number of hydrogen-bond donors (Lipinski definition) is 0. The van der Waals surface area contributed by atoms with Crippen LogP contribution >= 0.6 is 0 Å². The zero-order valence-corrected chi connectivity index (χ0v) is 19.7. The van der Waals surface area contributed by atoms with E-state index in [2.05, 4.69) is 38.1 Å².